The summed E-state index contributed by atoms with van der Waals surface area (Å²) in [5.74, 6) is 1.48. The topological polar surface area (TPSA) is 64.3 Å². The molecule has 0 atom stereocenters. The van der Waals surface area contributed by atoms with E-state index in [1.807, 2.05) is 6.07 Å². The van der Waals surface area contributed by atoms with Crippen LogP contribution in [0.2, 0.25) is 0 Å². The van der Waals surface area contributed by atoms with Crippen molar-refractivity contribution in [3.05, 3.63) is 0 Å². The van der Waals surface area contributed by atoms with Crippen molar-refractivity contribution in [2.24, 2.45) is 0 Å². The first kappa shape index (κ1) is 11.5. The van der Waals surface area contributed by atoms with Crippen molar-refractivity contribution in [2.75, 3.05) is 19.6 Å². The lowest BCUT2D eigenvalue weighted by Gasteiger charge is -2.15. The third-order valence-corrected chi connectivity index (χ3v) is 1.44. The molecule has 0 fully saturated rings. The van der Waals surface area contributed by atoms with Crippen molar-refractivity contribution in [1.82, 2.24) is 4.90 Å². The van der Waals surface area contributed by atoms with Crippen LogP contribution in [-0.2, 0) is 4.79 Å². The second-order valence-corrected chi connectivity index (χ2v) is 2.57. The number of nitriles is 1. The third kappa shape index (κ3) is 6.86. The van der Waals surface area contributed by atoms with Crippen LogP contribution in [0.4, 0.5) is 0 Å². The van der Waals surface area contributed by atoms with Gasteiger partial charge in [0.1, 0.15) is 0 Å². The Morgan fingerprint density at radius 2 is 2.31 bits per heavy atom. The Kier molecular flexibility index (Phi) is 6.31. The van der Waals surface area contributed by atoms with E-state index in [4.69, 9.17) is 16.8 Å². The molecule has 4 heteroatoms. The van der Waals surface area contributed by atoms with E-state index in [-0.39, 0.29) is 6.54 Å². The molecule has 0 aromatic rings. The zero-order chi connectivity index (χ0) is 10.1. The van der Waals surface area contributed by atoms with Gasteiger partial charge in [-0.15, -0.1) is 6.42 Å². The van der Waals surface area contributed by atoms with E-state index in [1.54, 1.807) is 4.90 Å². The van der Waals surface area contributed by atoms with E-state index < -0.39 is 5.97 Å². The number of carboxylic acids is 1. The standard InChI is InChI=1S/C9H12N2O2/c1-2-6-11(8-9(12)13)7-4-3-5-10/h1H,3-4,6-8H2,(H,12,13). The largest absolute Gasteiger partial charge is 0.480 e. The first-order chi connectivity index (χ1) is 6.20. The molecule has 0 aromatic heterocycles. The number of rotatable bonds is 6. The number of hydrogen-bond donors (Lipinski definition) is 1. The lowest BCUT2D eigenvalue weighted by atomic mass is 10.3. The molecule has 1 N–H and O–H groups in total. The molecule has 0 aliphatic carbocycles. The SMILES string of the molecule is C#CCN(CCCC#N)CC(=O)O. The van der Waals surface area contributed by atoms with Crippen LogP contribution in [0.3, 0.4) is 0 Å². The van der Waals surface area contributed by atoms with Gasteiger partial charge in [0.15, 0.2) is 0 Å². The Balaban J connectivity index is 3.75. The smallest absolute Gasteiger partial charge is 0.317 e. The number of unbranched alkanes of at least 4 members (excludes halogenated alkanes) is 1. The monoisotopic (exact) mass is 180 g/mol. The fourth-order valence-corrected chi connectivity index (χ4v) is 0.916. The van der Waals surface area contributed by atoms with E-state index in [0.29, 0.717) is 25.9 Å². The highest BCUT2D eigenvalue weighted by molar-refractivity contribution is 5.69. The maximum absolute atomic E-state index is 10.3. The van der Waals surface area contributed by atoms with Crippen LogP contribution in [-0.4, -0.2) is 35.6 Å². The molecule has 0 aliphatic heterocycles. The quantitative estimate of drug-likeness (QED) is 0.472. The highest BCUT2D eigenvalue weighted by Crippen LogP contribution is 1.93. The normalized spacial score (nSPS) is 9.15. The van der Waals surface area contributed by atoms with Crippen molar-refractivity contribution < 1.29 is 9.90 Å². The van der Waals surface area contributed by atoms with Crippen LogP contribution in [0, 0.1) is 23.7 Å². The molecule has 13 heavy (non-hydrogen) atoms. The molecule has 0 saturated carbocycles. The zero-order valence-corrected chi connectivity index (χ0v) is 7.36. The van der Waals surface area contributed by atoms with E-state index in [9.17, 15) is 4.79 Å². The molecule has 0 aromatic carbocycles. The maximum atomic E-state index is 10.3. The summed E-state index contributed by atoms with van der Waals surface area (Å²) >= 11 is 0. The van der Waals surface area contributed by atoms with Gasteiger partial charge in [-0.25, -0.2) is 0 Å². The Bertz CT molecular complexity index is 237. The average Bonchev–Trinajstić information content (AvgIpc) is 2.04. The molecular weight excluding hydrogens is 168 g/mol. The van der Waals surface area contributed by atoms with Crippen molar-refractivity contribution in [3.8, 4) is 18.4 Å². The Morgan fingerprint density at radius 1 is 1.62 bits per heavy atom. The van der Waals surface area contributed by atoms with Crippen LogP contribution in [0.15, 0.2) is 0 Å². The molecule has 0 spiro atoms. The van der Waals surface area contributed by atoms with E-state index in [0.717, 1.165) is 0 Å². The maximum Gasteiger partial charge on any atom is 0.317 e. The highest BCUT2D eigenvalue weighted by atomic mass is 16.4. The van der Waals surface area contributed by atoms with Crippen LogP contribution < -0.4 is 0 Å². The van der Waals surface area contributed by atoms with Gasteiger partial charge >= 0.3 is 5.97 Å². The molecule has 4 nitrogen and oxygen atoms in total. The van der Waals surface area contributed by atoms with Gasteiger partial charge in [0, 0.05) is 13.0 Å². The number of aliphatic carboxylic acids is 1. The Hall–Kier alpha value is -1.52. The van der Waals surface area contributed by atoms with Crippen LogP contribution in [0.1, 0.15) is 12.8 Å². The van der Waals surface area contributed by atoms with Gasteiger partial charge in [-0.3, -0.25) is 9.69 Å². The fourth-order valence-electron chi connectivity index (χ4n) is 0.916. The van der Waals surface area contributed by atoms with Crippen molar-refractivity contribution in [1.29, 1.82) is 5.26 Å². The molecular formula is C9H12N2O2. The fraction of sp³-hybridized carbons (Fsp3) is 0.556. The highest BCUT2D eigenvalue weighted by Gasteiger charge is 2.06. The molecule has 0 radical (unpaired) electrons. The number of terminal acetylenes is 1. The van der Waals surface area contributed by atoms with Crippen molar-refractivity contribution in [2.45, 2.75) is 12.8 Å². The van der Waals surface area contributed by atoms with E-state index in [1.165, 1.54) is 0 Å². The van der Waals surface area contributed by atoms with Crippen LogP contribution in [0.25, 0.3) is 0 Å². The summed E-state index contributed by atoms with van der Waals surface area (Å²) < 4.78 is 0. The summed E-state index contributed by atoms with van der Waals surface area (Å²) in [6.07, 6.45) is 6.15. The molecule has 0 unspecified atom stereocenters. The zero-order valence-electron chi connectivity index (χ0n) is 7.36. The van der Waals surface area contributed by atoms with Gasteiger partial charge in [-0.2, -0.15) is 5.26 Å². The van der Waals surface area contributed by atoms with Crippen molar-refractivity contribution in [3.63, 3.8) is 0 Å². The summed E-state index contributed by atoms with van der Waals surface area (Å²) in [5.41, 5.74) is 0. The van der Waals surface area contributed by atoms with E-state index in [2.05, 4.69) is 5.92 Å². The van der Waals surface area contributed by atoms with Gasteiger partial charge in [0.2, 0.25) is 0 Å². The second-order valence-electron chi connectivity index (χ2n) is 2.57. The number of carbonyl (C=O) groups is 1. The van der Waals surface area contributed by atoms with Crippen LogP contribution in [0.5, 0.6) is 0 Å². The van der Waals surface area contributed by atoms with Crippen molar-refractivity contribution >= 4 is 5.97 Å². The summed E-state index contributed by atoms with van der Waals surface area (Å²) in [5, 5.41) is 16.8. The minimum atomic E-state index is -0.896. The molecule has 0 bridgehead atoms. The average molecular weight is 180 g/mol. The number of hydrogen-bond acceptors (Lipinski definition) is 3. The number of nitrogens with zero attached hydrogens (tertiary/aromatic N) is 2. The molecule has 0 amide bonds. The summed E-state index contributed by atoms with van der Waals surface area (Å²) in [7, 11) is 0. The summed E-state index contributed by atoms with van der Waals surface area (Å²) in [6.45, 7) is 0.817. The molecule has 0 aliphatic rings. The number of carboxylic acid groups (broad SMARTS) is 1. The summed E-state index contributed by atoms with van der Waals surface area (Å²) in [4.78, 5) is 12.0. The van der Waals surface area contributed by atoms with Gasteiger partial charge in [0.25, 0.3) is 0 Å². The van der Waals surface area contributed by atoms with Gasteiger partial charge in [-0.1, -0.05) is 5.92 Å². The van der Waals surface area contributed by atoms with Gasteiger partial charge in [0.05, 0.1) is 19.2 Å². The molecule has 70 valence electrons. The lowest BCUT2D eigenvalue weighted by molar-refractivity contribution is -0.138. The summed E-state index contributed by atoms with van der Waals surface area (Å²) in [6, 6.07) is 1.99. The minimum Gasteiger partial charge on any atom is -0.480 e. The molecule has 0 rings (SSSR count). The second kappa shape index (κ2) is 7.15. The predicted octanol–water partition coefficient (Wildman–Crippen LogP) is 0.310. The molecule has 0 heterocycles. The van der Waals surface area contributed by atoms with Crippen LogP contribution >= 0.6 is 0 Å². The first-order valence-electron chi connectivity index (χ1n) is 3.95. The Morgan fingerprint density at radius 3 is 2.77 bits per heavy atom. The first-order valence-corrected chi connectivity index (χ1v) is 3.95. The molecule has 0 saturated heterocycles. The minimum absolute atomic E-state index is 0.0599. The third-order valence-electron chi connectivity index (χ3n) is 1.44. The van der Waals surface area contributed by atoms with E-state index >= 15 is 0 Å². The predicted molar refractivity (Wildman–Crippen MR) is 47.8 cm³/mol. The van der Waals surface area contributed by atoms with Gasteiger partial charge < -0.3 is 5.11 Å². The Labute approximate surface area is 77.8 Å². The lowest BCUT2D eigenvalue weighted by Crippen LogP contribution is -2.31. The van der Waals surface area contributed by atoms with Gasteiger partial charge in [-0.05, 0) is 6.42 Å².